The molecule has 2 N–H and O–H groups in total. The van der Waals surface area contributed by atoms with Crippen LogP contribution in [0.15, 0.2) is 24.3 Å². The van der Waals surface area contributed by atoms with E-state index in [1.807, 2.05) is 43.9 Å². The maximum absolute atomic E-state index is 13.1. The predicted octanol–water partition coefficient (Wildman–Crippen LogP) is 2.35. The minimum atomic E-state index is -0.473. The van der Waals surface area contributed by atoms with Crippen LogP contribution in [0.1, 0.15) is 49.0 Å². The molecule has 3 rings (SSSR count). The molecule has 26 heavy (non-hydrogen) atoms. The van der Waals surface area contributed by atoms with Crippen LogP contribution in [0.5, 0.6) is 0 Å². The van der Waals surface area contributed by atoms with E-state index in [1.54, 1.807) is 6.07 Å². The van der Waals surface area contributed by atoms with Crippen LogP contribution in [0.25, 0.3) is 0 Å². The number of likely N-dealkylation sites (tertiary alicyclic amines) is 1. The van der Waals surface area contributed by atoms with E-state index in [0.717, 1.165) is 44.6 Å². The fourth-order valence-electron chi connectivity index (χ4n) is 4.14. The van der Waals surface area contributed by atoms with Crippen LogP contribution in [-0.2, 0) is 4.79 Å². The van der Waals surface area contributed by atoms with E-state index in [0.29, 0.717) is 11.0 Å². The molecule has 2 aliphatic rings. The van der Waals surface area contributed by atoms with E-state index >= 15 is 0 Å². The quantitative estimate of drug-likeness (QED) is 0.870. The molecule has 0 aromatic heterocycles. The van der Waals surface area contributed by atoms with Crippen LogP contribution in [0.2, 0.25) is 0 Å². The van der Waals surface area contributed by atoms with Gasteiger partial charge in [-0.2, -0.15) is 0 Å². The van der Waals surface area contributed by atoms with Gasteiger partial charge in [-0.25, -0.2) is 0 Å². The van der Waals surface area contributed by atoms with Crippen molar-refractivity contribution in [1.29, 1.82) is 0 Å². The molecule has 5 heteroatoms. The van der Waals surface area contributed by atoms with E-state index in [4.69, 9.17) is 0 Å². The SMILES string of the molecule is Cc1cccc(C(=O)NC(C(=O)N2CCC3(CCNC3)CC2)C(C)C)c1. The molecule has 0 saturated carbocycles. The first-order valence-electron chi connectivity index (χ1n) is 9.77. The Kier molecular flexibility index (Phi) is 5.66. The Labute approximate surface area is 156 Å². The normalized spacial score (nSPS) is 20.4. The summed E-state index contributed by atoms with van der Waals surface area (Å²) in [6.07, 6.45) is 3.33. The number of aryl methyl sites for hydroxylation is 1. The monoisotopic (exact) mass is 357 g/mol. The molecule has 0 aliphatic carbocycles. The number of piperidine rings is 1. The second-order valence-electron chi connectivity index (χ2n) is 8.32. The van der Waals surface area contributed by atoms with Gasteiger partial charge in [0.1, 0.15) is 6.04 Å². The second-order valence-corrected chi connectivity index (χ2v) is 8.32. The van der Waals surface area contributed by atoms with Crippen molar-refractivity contribution in [1.82, 2.24) is 15.5 Å². The van der Waals surface area contributed by atoms with Gasteiger partial charge in [0.05, 0.1) is 0 Å². The summed E-state index contributed by atoms with van der Waals surface area (Å²) in [6.45, 7) is 9.70. The molecular formula is C21H31N3O2. The van der Waals surface area contributed by atoms with Crippen molar-refractivity contribution in [2.45, 2.75) is 46.1 Å². The summed E-state index contributed by atoms with van der Waals surface area (Å²) in [5.74, 6) is -0.0590. The summed E-state index contributed by atoms with van der Waals surface area (Å²) in [5.41, 5.74) is 2.03. The molecule has 1 aromatic rings. The van der Waals surface area contributed by atoms with Crippen LogP contribution >= 0.6 is 0 Å². The van der Waals surface area contributed by atoms with Crippen molar-refractivity contribution in [2.24, 2.45) is 11.3 Å². The molecule has 2 heterocycles. The first-order chi connectivity index (χ1) is 12.4. The maximum atomic E-state index is 13.1. The zero-order chi connectivity index (χ0) is 18.7. The van der Waals surface area contributed by atoms with E-state index in [-0.39, 0.29) is 17.7 Å². The summed E-state index contributed by atoms with van der Waals surface area (Å²) in [5, 5.41) is 6.43. The molecule has 0 radical (unpaired) electrons. The van der Waals surface area contributed by atoms with Gasteiger partial charge in [0.15, 0.2) is 0 Å². The van der Waals surface area contributed by atoms with Gasteiger partial charge < -0.3 is 15.5 Å². The number of amides is 2. The number of nitrogens with one attached hydrogen (secondary N) is 2. The van der Waals surface area contributed by atoms with Crippen molar-refractivity contribution in [3.05, 3.63) is 35.4 Å². The molecule has 2 aliphatic heterocycles. The number of rotatable bonds is 4. The molecule has 1 unspecified atom stereocenters. The highest BCUT2D eigenvalue weighted by Crippen LogP contribution is 2.37. The molecule has 1 aromatic carbocycles. The van der Waals surface area contributed by atoms with Crippen molar-refractivity contribution >= 4 is 11.8 Å². The highest BCUT2D eigenvalue weighted by molar-refractivity contribution is 5.97. The Hall–Kier alpha value is -1.88. The van der Waals surface area contributed by atoms with Gasteiger partial charge >= 0.3 is 0 Å². The first kappa shape index (κ1) is 18.9. The Morgan fingerprint density at radius 1 is 1.19 bits per heavy atom. The Morgan fingerprint density at radius 2 is 1.92 bits per heavy atom. The predicted molar refractivity (Wildman–Crippen MR) is 103 cm³/mol. The van der Waals surface area contributed by atoms with Crippen LogP contribution in [0, 0.1) is 18.3 Å². The molecule has 1 spiro atoms. The topological polar surface area (TPSA) is 61.4 Å². The summed E-state index contributed by atoms with van der Waals surface area (Å²) >= 11 is 0. The molecule has 2 saturated heterocycles. The molecule has 5 nitrogen and oxygen atoms in total. The fraction of sp³-hybridized carbons (Fsp3) is 0.619. The second kappa shape index (κ2) is 7.78. The van der Waals surface area contributed by atoms with Crippen LogP contribution in [0.4, 0.5) is 0 Å². The third kappa shape index (κ3) is 4.09. The number of hydrogen-bond acceptors (Lipinski definition) is 3. The van der Waals surface area contributed by atoms with Crippen molar-refractivity contribution in [2.75, 3.05) is 26.2 Å². The third-order valence-corrected chi connectivity index (χ3v) is 5.97. The van der Waals surface area contributed by atoms with Crippen molar-refractivity contribution in [3.63, 3.8) is 0 Å². The summed E-state index contributed by atoms with van der Waals surface area (Å²) in [4.78, 5) is 27.6. The van der Waals surface area contributed by atoms with Crippen LogP contribution in [0.3, 0.4) is 0 Å². The Bertz CT molecular complexity index is 655. The van der Waals surface area contributed by atoms with Gasteiger partial charge in [0, 0.05) is 25.2 Å². The Morgan fingerprint density at radius 3 is 2.50 bits per heavy atom. The van der Waals surface area contributed by atoms with E-state index < -0.39 is 6.04 Å². The highest BCUT2D eigenvalue weighted by atomic mass is 16.2. The van der Waals surface area contributed by atoms with E-state index in [2.05, 4.69) is 10.6 Å². The average molecular weight is 357 g/mol. The van der Waals surface area contributed by atoms with Gasteiger partial charge in [0.2, 0.25) is 5.91 Å². The van der Waals surface area contributed by atoms with Gasteiger partial charge in [-0.3, -0.25) is 9.59 Å². The lowest BCUT2D eigenvalue weighted by Gasteiger charge is -2.40. The fourth-order valence-corrected chi connectivity index (χ4v) is 4.14. The zero-order valence-electron chi connectivity index (χ0n) is 16.2. The van der Waals surface area contributed by atoms with Gasteiger partial charge in [-0.15, -0.1) is 0 Å². The van der Waals surface area contributed by atoms with Gasteiger partial charge in [-0.1, -0.05) is 31.5 Å². The minimum Gasteiger partial charge on any atom is -0.341 e. The van der Waals surface area contributed by atoms with Crippen LogP contribution < -0.4 is 10.6 Å². The lowest BCUT2D eigenvalue weighted by molar-refractivity contribution is -0.136. The molecule has 142 valence electrons. The maximum Gasteiger partial charge on any atom is 0.251 e. The number of hydrogen-bond donors (Lipinski definition) is 2. The standard InChI is InChI=1S/C21H31N3O2/c1-15(2)18(23-19(25)17-6-4-5-16(3)13-17)20(26)24-11-8-21(9-12-24)7-10-22-14-21/h4-6,13,15,18,22H,7-12,14H2,1-3H3,(H,23,25). The number of benzene rings is 1. The average Bonchev–Trinajstić information content (AvgIpc) is 3.07. The number of nitrogens with zero attached hydrogens (tertiary/aromatic N) is 1. The van der Waals surface area contributed by atoms with E-state index in [9.17, 15) is 9.59 Å². The molecule has 1 atom stereocenters. The Balaban J connectivity index is 1.64. The molecule has 0 bridgehead atoms. The lowest BCUT2D eigenvalue weighted by atomic mass is 9.77. The summed E-state index contributed by atoms with van der Waals surface area (Å²) in [7, 11) is 0. The summed E-state index contributed by atoms with van der Waals surface area (Å²) in [6, 6.07) is 7.01. The first-order valence-corrected chi connectivity index (χ1v) is 9.77. The van der Waals surface area contributed by atoms with Crippen LogP contribution in [-0.4, -0.2) is 48.9 Å². The number of carbonyl (C=O) groups excluding carboxylic acids is 2. The van der Waals surface area contributed by atoms with Crippen molar-refractivity contribution < 1.29 is 9.59 Å². The third-order valence-electron chi connectivity index (χ3n) is 5.97. The highest BCUT2D eigenvalue weighted by Gasteiger charge is 2.39. The molecule has 2 amide bonds. The largest absolute Gasteiger partial charge is 0.341 e. The molecule has 2 fully saturated rings. The minimum absolute atomic E-state index is 0.0558. The lowest BCUT2D eigenvalue weighted by Crippen LogP contribution is -2.54. The van der Waals surface area contributed by atoms with Gasteiger partial charge in [-0.05, 0) is 56.2 Å². The summed E-state index contributed by atoms with van der Waals surface area (Å²) < 4.78 is 0. The van der Waals surface area contributed by atoms with Gasteiger partial charge in [0.25, 0.3) is 5.91 Å². The smallest absolute Gasteiger partial charge is 0.251 e. The molecular weight excluding hydrogens is 326 g/mol. The zero-order valence-corrected chi connectivity index (χ0v) is 16.2. The van der Waals surface area contributed by atoms with E-state index in [1.165, 1.54) is 6.42 Å². The number of carbonyl (C=O) groups is 2. The van der Waals surface area contributed by atoms with Crippen molar-refractivity contribution in [3.8, 4) is 0 Å².